The van der Waals surface area contributed by atoms with Gasteiger partial charge in [-0.25, -0.2) is 12.7 Å². The van der Waals surface area contributed by atoms with Gasteiger partial charge in [0.05, 0.1) is 11.1 Å². The summed E-state index contributed by atoms with van der Waals surface area (Å²) in [4.78, 5) is 34.7. The molecule has 1 heterocycles. The quantitative estimate of drug-likeness (QED) is 0.770. The molecule has 0 spiro atoms. The number of amides is 2. The predicted octanol–water partition coefficient (Wildman–Crippen LogP) is 2.19. The Kier molecular flexibility index (Phi) is 4.82. The number of carbonyl (C=O) groups excluding carboxylic acids is 2. The number of nitrogens with zero attached hydrogens (tertiary/aromatic N) is 1. The van der Waals surface area contributed by atoms with Crippen LogP contribution in [-0.4, -0.2) is 42.2 Å². The monoisotopic (exact) mass is 428 g/mol. The molecule has 0 fully saturated rings. The number of sulfonamides is 1. The Morgan fingerprint density at radius 1 is 1.07 bits per heavy atom. The van der Waals surface area contributed by atoms with Crippen LogP contribution in [0.1, 0.15) is 26.3 Å². The highest BCUT2D eigenvalue weighted by molar-refractivity contribution is 7.90. The van der Waals surface area contributed by atoms with Gasteiger partial charge in [-0.05, 0) is 42.5 Å². The van der Waals surface area contributed by atoms with E-state index in [1.807, 2.05) is 0 Å². The lowest BCUT2D eigenvalue weighted by molar-refractivity contribution is -0.138. The van der Waals surface area contributed by atoms with Crippen LogP contribution in [-0.2, 0) is 21.0 Å². The van der Waals surface area contributed by atoms with Gasteiger partial charge in [0.15, 0.2) is 0 Å². The number of rotatable bonds is 4. The molecule has 1 aliphatic heterocycles. The van der Waals surface area contributed by atoms with Crippen molar-refractivity contribution in [1.82, 2.24) is 4.31 Å². The van der Waals surface area contributed by atoms with E-state index in [0.29, 0.717) is 0 Å². The summed E-state index contributed by atoms with van der Waals surface area (Å²) in [5, 5.41) is 11.1. The molecule has 3 rings (SSSR count). The van der Waals surface area contributed by atoms with Gasteiger partial charge in [0.25, 0.3) is 21.8 Å². The minimum Gasteiger partial charge on any atom is -0.480 e. The number of hydrogen-bond acceptors (Lipinski definition) is 5. The van der Waals surface area contributed by atoms with E-state index >= 15 is 0 Å². The molecule has 12 heteroatoms. The van der Waals surface area contributed by atoms with E-state index < -0.39 is 51.0 Å². The number of halogens is 3. The molecular formula is C17H11F3N2O6S. The number of aliphatic carboxylic acids is 1. The lowest BCUT2D eigenvalue weighted by Gasteiger charge is -2.11. The minimum atomic E-state index is -4.56. The first-order valence-electron chi connectivity index (χ1n) is 7.83. The first-order valence-corrected chi connectivity index (χ1v) is 9.27. The maximum atomic E-state index is 12.6. The van der Waals surface area contributed by atoms with Crippen molar-refractivity contribution in [3.8, 4) is 0 Å². The Bertz CT molecular complexity index is 1130. The molecule has 2 aromatic rings. The zero-order valence-corrected chi connectivity index (χ0v) is 15.0. The summed E-state index contributed by atoms with van der Waals surface area (Å²) in [6, 6.07) is 6.68. The van der Waals surface area contributed by atoms with E-state index in [-0.39, 0.29) is 21.1 Å². The van der Waals surface area contributed by atoms with Crippen molar-refractivity contribution in [3.63, 3.8) is 0 Å². The molecule has 0 saturated carbocycles. The van der Waals surface area contributed by atoms with Crippen molar-refractivity contribution < 1.29 is 41.1 Å². The lowest BCUT2D eigenvalue weighted by Crippen LogP contribution is -2.34. The standard InChI is InChI=1S/C17H11F3N2O6S/c18-17(19,20)10-3-1-9(2-4-10)15(25)21-11-5-6-12-13(7-11)29(27,28)22(16(12)26)8-14(23)24/h1-7H,8H2,(H,21,25)(H,23,24). The van der Waals surface area contributed by atoms with Crippen LogP contribution in [0.5, 0.6) is 0 Å². The van der Waals surface area contributed by atoms with Gasteiger partial charge in [0, 0.05) is 11.3 Å². The van der Waals surface area contributed by atoms with Gasteiger partial charge in [-0.2, -0.15) is 13.2 Å². The van der Waals surface area contributed by atoms with Gasteiger partial charge in [-0.1, -0.05) is 0 Å². The van der Waals surface area contributed by atoms with Gasteiger partial charge < -0.3 is 10.4 Å². The molecule has 0 saturated heterocycles. The van der Waals surface area contributed by atoms with E-state index in [1.165, 1.54) is 6.07 Å². The second-order valence-corrected chi connectivity index (χ2v) is 7.78. The van der Waals surface area contributed by atoms with Gasteiger partial charge in [0.1, 0.15) is 11.4 Å². The van der Waals surface area contributed by atoms with Crippen LogP contribution in [0.2, 0.25) is 0 Å². The SMILES string of the molecule is O=C(O)CN1C(=O)c2ccc(NC(=O)c3ccc(C(F)(F)F)cc3)cc2S1(=O)=O. The Morgan fingerprint density at radius 2 is 1.69 bits per heavy atom. The van der Waals surface area contributed by atoms with E-state index in [2.05, 4.69) is 5.32 Å². The van der Waals surface area contributed by atoms with Crippen molar-refractivity contribution in [1.29, 1.82) is 0 Å². The largest absolute Gasteiger partial charge is 0.480 e. The van der Waals surface area contributed by atoms with E-state index in [9.17, 15) is 36.0 Å². The van der Waals surface area contributed by atoms with Crippen molar-refractivity contribution in [2.24, 2.45) is 0 Å². The summed E-state index contributed by atoms with van der Waals surface area (Å²) >= 11 is 0. The number of carboxylic acids is 1. The Hall–Kier alpha value is -3.41. The molecule has 152 valence electrons. The van der Waals surface area contributed by atoms with Crippen LogP contribution in [0, 0.1) is 0 Å². The predicted molar refractivity (Wildman–Crippen MR) is 91.7 cm³/mol. The molecule has 1 aliphatic rings. The van der Waals surface area contributed by atoms with Crippen molar-refractivity contribution in [2.45, 2.75) is 11.1 Å². The normalized spacial score (nSPS) is 15.1. The van der Waals surface area contributed by atoms with Crippen LogP contribution in [0.3, 0.4) is 0 Å². The van der Waals surface area contributed by atoms with Crippen LogP contribution in [0.4, 0.5) is 18.9 Å². The average molecular weight is 428 g/mol. The molecule has 29 heavy (non-hydrogen) atoms. The zero-order chi connectivity index (χ0) is 21.6. The highest BCUT2D eigenvalue weighted by Crippen LogP contribution is 2.32. The summed E-state index contributed by atoms with van der Waals surface area (Å²) < 4.78 is 62.7. The van der Waals surface area contributed by atoms with Gasteiger partial charge in [-0.3, -0.25) is 14.4 Å². The molecule has 8 nitrogen and oxygen atoms in total. The van der Waals surface area contributed by atoms with Crippen LogP contribution >= 0.6 is 0 Å². The molecule has 2 aromatic carbocycles. The van der Waals surface area contributed by atoms with Crippen molar-refractivity contribution in [2.75, 3.05) is 11.9 Å². The minimum absolute atomic E-state index is 0.0396. The third kappa shape index (κ3) is 3.78. The molecule has 0 unspecified atom stereocenters. The highest BCUT2D eigenvalue weighted by atomic mass is 32.2. The zero-order valence-electron chi connectivity index (χ0n) is 14.2. The summed E-state index contributed by atoms with van der Waals surface area (Å²) in [6.07, 6.45) is -4.56. The molecule has 0 radical (unpaired) electrons. The molecule has 2 N–H and O–H groups in total. The number of benzene rings is 2. The van der Waals surface area contributed by atoms with Crippen molar-refractivity contribution >= 4 is 33.5 Å². The topological polar surface area (TPSA) is 121 Å². The van der Waals surface area contributed by atoms with Gasteiger partial charge in [-0.15, -0.1) is 0 Å². The van der Waals surface area contributed by atoms with E-state index in [4.69, 9.17) is 5.11 Å². The fourth-order valence-electron chi connectivity index (χ4n) is 2.65. The first kappa shape index (κ1) is 20.3. The Balaban J connectivity index is 1.86. The van der Waals surface area contributed by atoms with Crippen LogP contribution in [0.25, 0.3) is 0 Å². The van der Waals surface area contributed by atoms with E-state index in [1.54, 1.807) is 0 Å². The number of alkyl halides is 3. The smallest absolute Gasteiger partial charge is 0.416 e. The fraction of sp³-hybridized carbons (Fsp3) is 0.118. The second-order valence-electron chi connectivity index (χ2n) is 5.95. The maximum Gasteiger partial charge on any atom is 0.416 e. The fourth-order valence-corrected chi connectivity index (χ4v) is 4.19. The molecule has 0 bridgehead atoms. The van der Waals surface area contributed by atoms with E-state index in [0.717, 1.165) is 36.4 Å². The Morgan fingerprint density at radius 3 is 2.24 bits per heavy atom. The molecule has 2 amide bonds. The number of hydrogen-bond donors (Lipinski definition) is 2. The van der Waals surface area contributed by atoms with Crippen molar-refractivity contribution in [3.05, 3.63) is 59.2 Å². The molecule has 0 atom stereocenters. The summed E-state index contributed by atoms with van der Waals surface area (Å²) in [5.41, 5.74) is -1.33. The summed E-state index contributed by atoms with van der Waals surface area (Å²) in [7, 11) is -4.41. The number of nitrogens with one attached hydrogen (secondary N) is 1. The molecule has 0 aromatic heterocycles. The van der Waals surface area contributed by atoms with Crippen LogP contribution in [0.15, 0.2) is 47.4 Å². The van der Waals surface area contributed by atoms with Gasteiger partial charge >= 0.3 is 12.1 Å². The Labute approximate surface area is 161 Å². The second kappa shape index (κ2) is 6.88. The third-order valence-corrected chi connectivity index (χ3v) is 5.79. The number of carboxylic acid groups (broad SMARTS) is 1. The molecule has 0 aliphatic carbocycles. The number of fused-ring (bicyclic) bond motifs is 1. The van der Waals surface area contributed by atoms with Crippen LogP contribution < -0.4 is 5.32 Å². The summed E-state index contributed by atoms with van der Waals surface area (Å²) in [6.45, 7) is -1.05. The first-order chi connectivity index (χ1) is 13.4. The number of carbonyl (C=O) groups is 3. The van der Waals surface area contributed by atoms with Gasteiger partial charge in [0.2, 0.25) is 0 Å². The average Bonchev–Trinajstić information content (AvgIpc) is 2.81. The summed E-state index contributed by atoms with van der Waals surface area (Å²) in [5.74, 6) is -3.34. The number of anilines is 1. The molecular weight excluding hydrogens is 417 g/mol. The lowest BCUT2D eigenvalue weighted by atomic mass is 10.1. The third-order valence-electron chi connectivity index (χ3n) is 4.02. The maximum absolute atomic E-state index is 12.6. The highest BCUT2D eigenvalue weighted by Gasteiger charge is 2.42.